The largest absolute Gasteiger partial charge is 0.479 e. The summed E-state index contributed by atoms with van der Waals surface area (Å²) in [5.74, 6) is -0.477. The summed E-state index contributed by atoms with van der Waals surface area (Å²) >= 11 is 0. The second-order valence-corrected chi connectivity index (χ2v) is 4.96. The summed E-state index contributed by atoms with van der Waals surface area (Å²) in [5, 5.41) is 11.8. The zero-order chi connectivity index (χ0) is 13.8. The fourth-order valence-corrected chi connectivity index (χ4v) is 1.94. The van der Waals surface area contributed by atoms with Crippen LogP contribution in [0.25, 0.3) is 0 Å². The summed E-state index contributed by atoms with van der Waals surface area (Å²) in [7, 11) is 1.69. The van der Waals surface area contributed by atoms with Crippen LogP contribution in [0.2, 0.25) is 0 Å². The molecule has 5 heteroatoms. The van der Waals surface area contributed by atoms with Gasteiger partial charge in [0.25, 0.3) is 0 Å². The Labute approximate surface area is 112 Å². The molecule has 1 aliphatic rings. The lowest BCUT2D eigenvalue weighted by atomic mass is 10.1. The molecule has 1 aromatic carbocycles. The van der Waals surface area contributed by atoms with Gasteiger partial charge >= 0.3 is 12.0 Å². The molecule has 0 spiro atoms. The van der Waals surface area contributed by atoms with E-state index in [9.17, 15) is 14.7 Å². The maximum atomic E-state index is 11.9. The number of carboxylic acid groups (broad SMARTS) is 1. The van der Waals surface area contributed by atoms with Crippen LogP contribution in [0.1, 0.15) is 24.4 Å². The summed E-state index contributed by atoms with van der Waals surface area (Å²) in [4.78, 5) is 24.8. The van der Waals surface area contributed by atoms with Crippen molar-refractivity contribution in [2.45, 2.75) is 18.9 Å². The van der Waals surface area contributed by atoms with Gasteiger partial charge in [-0.1, -0.05) is 30.3 Å². The first-order chi connectivity index (χ1) is 9.08. The third kappa shape index (κ3) is 3.71. The minimum Gasteiger partial charge on any atom is -0.479 e. The highest BCUT2D eigenvalue weighted by Crippen LogP contribution is 2.29. The van der Waals surface area contributed by atoms with E-state index in [1.807, 2.05) is 6.07 Å². The molecule has 1 aliphatic carbocycles. The van der Waals surface area contributed by atoms with E-state index in [4.69, 9.17) is 0 Å². The van der Waals surface area contributed by atoms with Crippen LogP contribution < -0.4 is 5.32 Å². The number of urea groups is 1. The first kappa shape index (κ1) is 13.4. The van der Waals surface area contributed by atoms with Gasteiger partial charge in [0.05, 0.1) is 0 Å². The molecule has 0 heterocycles. The van der Waals surface area contributed by atoms with E-state index < -0.39 is 12.0 Å². The number of benzene rings is 1. The zero-order valence-electron chi connectivity index (χ0n) is 10.9. The highest BCUT2D eigenvalue weighted by atomic mass is 16.4. The van der Waals surface area contributed by atoms with Crippen LogP contribution in [-0.2, 0) is 4.79 Å². The third-order valence-electron chi connectivity index (χ3n) is 3.22. The lowest BCUT2D eigenvalue weighted by Gasteiger charge is -2.21. The van der Waals surface area contributed by atoms with Gasteiger partial charge in [0.1, 0.15) is 0 Å². The van der Waals surface area contributed by atoms with Crippen molar-refractivity contribution < 1.29 is 14.7 Å². The van der Waals surface area contributed by atoms with Crippen LogP contribution >= 0.6 is 0 Å². The molecule has 1 saturated carbocycles. The molecule has 2 amide bonds. The van der Waals surface area contributed by atoms with E-state index in [-0.39, 0.29) is 6.03 Å². The number of amides is 2. The topological polar surface area (TPSA) is 69.6 Å². The molecular weight excluding hydrogens is 244 g/mol. The van der Waals surface area contributed by atoms with Crippen LogP contribution in [0, 0.1) is 5.92 Å². The van der Waals surface area contributed by atoms with Gasteiger partial charge in [-0.05, 0) is 24.3 Å². The molecule has 0 unspecified atom stereocenters. The lowest BCUT2D eigenvalue weighted by Crippen LogP contribution is -2.42. The molecule has 19 heavy (non-hydrogen) atoms. The SMILES string of the molecule is CN(CC1CC1)C(=O)N[C@@H](C(=O)O)c1ccccc1. The normalized spacial score (nSPS) is 15.6. The van der Waals surface area contributed by atoms with Crippen molar-refractivity contribution in [3.05, 3.63) is 35.9 Å². The Bertz CT molecular complexity index is 457. The van der Waals surface area contributed by atoms with Gasteiger partial charge in [0, 0.05) is 13.6 Å². The van der Waals surface area contributed by atoms with Crippen molar-refractivity contribution in [2.75, 3.05) is 13.6 Å². The lowest BCUT2D eigenvalue weighted by molar-refractivity contribution is -0.139. The van der Waals surface area contributed by atoms with Crippen molar-refractivity contribution in [3.8, 4) is 0 Å². The number of nitrogens with one attached hydrogen (secondary N) is 1. The Morgan fingerprint density at radius 2 is 2.00 bits per heavy atom. The average Bonchev–Trinajstić information content (AvgIpc) is 3.20. The second-order valence-electron chi connectivity index (χ2n) is 4.96. The molecule has 0 aromatic heterocycles. The minimum absolute atomic E-state index is 0.344. The standard InChI is InChI=1S/C14H18N2O3/c1-16(9-10-7-8-10)14(19)15-12(13(17)18)11-5-3-2-4-6-11/h2-6,10,12H,7-9H2,1H3,(H,15,19)(H,17,18)/t12-/m1/s1. The van der Waals surface area contributed by atoms with Crippen molar-refractivity contribution in [2.24, 2.45) is 5.92 Å². The molecule has 0 aliphatic heterocycles. The van der Waals surface area contributed by atoms with Crippen molar-refractivity contribution in [1.82, 2.24) is 10.2 Å². The fraction of sp³-hybridized carbons (Fsp3) is 0.429. The predicted molar refractivity (Wildman–Crippen MR) is 70.7 cm³/mol. The maximum Gasteiger partial charge on any atom is 0.330 e. The number of carbonyl (C=O) groups is 2. The van der Waals surface area contributed by atoms with Gasteiger partial charge in [-0.2, -0.15) is 0 Å². The summed E-state index contributed by atoms with van der Waals surface area (Å²) < 4.78 is 0. The average molecular weight is 262 g/mol. The number of nitrogens with zero attached hydrogens (tertiary/aromatic N) is 1. The van der Waals surface area contributed by atoms with E-state index in [1.54, 1.807) is 36.2 Å². The smallest absolute Gasteiger partial charge is 0.330 e. The summed E-state index contributed by atoms with van der Waals surface area (Å²) in [6.07, 6.45) is 2.30. The molecule has 0 bridgehead atoms. The van der Waals surface area contributed by atoms with Crippen LogP contribution in [-0.4, -0.2) is 35.6 Å². The molecular formula is C14H18N2O3. The van der Waals surface area contributed by atoms with Crippen LogP contribution in [0.5, 0.6) is 0 Å². The number of carbonyl (C=O) groups excluding carboxylic acids is 1. The minimum atomic E-state index is -1.06. The molecule has 2 rings (SSSR count). The van der Waals surface area contributed by atoms with Crippen molar-refractivity contribution >= 4 is 12.0 Å². The van der Waals surface area contributed by atoms with Crippen molar-refractivity contribution in [1.29, 1.82) is 0 Å². The highest BCUT2D eigenvalue weighted by Gasteiger charge is 2.27. The number of aliphatic carboxylic acids is 1. The van der Waals surface area contributed by atoms with E-state index >= 15 is 0 Å². The quantitative estimate of drug-likeness (QED) is 0.851. The first-order valence-electron chi connectivity index (χ1n) is 6.37. The molecule has 5 nitrogen and oxygen atoms in total. The summed E-state index contributed by atoms with van der Waals surface area (Å²) in [5.41, 5.74) is 0.572. The number of rotatable bonds is 5. The van der Waals surface area contributed by atoms with Gasteiger partial charge in [0.2, 0.25) is 0 Å². The maximum absolute atomic E-state index is 11.9. The Hall–Kier alpha value is -2.04. The van der Waals surface area contributed by atoms with Crippen LogP contribution in [0.3, 0.4) is 0 Å². The van der Waals surface area contributed by atoms with Gasteiger partial charge in [0.15, 0.2) is 6.04 Å². The van der Waals surface area contributed by atoms with E-state index in [0.717, 1.165) is 12.8 Å². The number of carboxylic acids is 1. The van der Waals surface area contributed by atoms with Gasteiger partial charge in [-0.3, -0.25) is 0 Å². The van der Waals surface area contributed by atoms with E-state index in [2.05, 4.69) is 5.32 Å². The Kier molecular flexibility index (Phi) is 4.04. The molecule has 102 valence electrons. The second kappa shape index (κ2) is 5.73. The Balaban J connectivity index is 2.00. The van der Waals surface area contributed by atoms with E-state index in [1.165, 1.54) is 0 Å². The summed E-state index contributed by atoms with van der Waals surface area (Å²) in [6, 6.07) is 7.36. The molecule has 1 aromatic rings. The van der Waals surface area contributed by atoms with E-state index in [0.29, 0.717) is 18.0 Å². The van der Waals surface area contributed by atoms with Crippen molar-refractivity contribution in [3.63, 3.8) is 0 Å². The van der Waals surface area contributed by atoms with Gasteiger partial charge in [-0.25, -0.2) is 9.59 Å². The molecule has 2 N–H and O–H groups in total. The number of hydrogen-bond acceptors (Lipinski definition) is 2. The molecule has 0 saturated heterocycles. The third-order valence-corrected chi connectivity index (χ3v) is 3.22. The molecule has 0 radical (unpaired) electrons. The highest BCUT2D eigenvalue weighted by molar-refractivity contribution is 5.83. The molecule has 1 fully saturated rings. The Morgan fingerprint density at radius 3 is 2.53 bits per heavy atom. The first-order valence-corrected chi connectivity index (χ1v) is 6.37. The predicted octanol–water partition coefficient (Wildman–Crippen LogP) is 1.86. The fourth-order valence-electron chi connectivity index (χ4n) is 1.94. The van der Waals surface area contributed by atoms with Crippen LogP contribution in [0.15, 0.2) is 30.3 Å². The Morgan fingerprint density at radius 1 is 1.37 bits per heavy atom. The summed E-state index contributed by atoms with van der Waals surface area (Å²) in [6.45, 7) is 0.687. The monoisotopic (exact) mass is 262 g/mol. The van der Waals surface area contributed by atoms with Crippen LogP contribution in [0.4, 0.5) is 4.79 Å². The number of hydrogen-bond donors (Lipinski definition) is 2. The van der Waals surface area contributed by atoms with Gasteiger partial charge in [-0.15, -0.1) is 0 Å². The van der Waals surface area contributed by atoms with Gasteiger partial charge < -0.3 is 15.3 Å². The molecule has 1 atom stereocenters. The zero-order valence-corrected chi connectivity index (χ0v) is 10.9.